The van der Waals surface area contributed by atoms with Crippen LogP contribution in [0.3, 0.4) is 0 Å². The maximum Gasteiger partial charge on any atom is 0.276 e. The molecule has 0 saturated carbocycles. The van der Waals surface area contributed by atoms with Crippen LogP contribution in [-0.4, -0.2) is 25.0 Å². The van der Waals surface area contributed by atoms with Crippen molar-refractivity contribution in [3.63, 3.8) is 0 Å². The smallest absolute Gasteiger partial charge is 0.276 e. The van der Waals surface area contributed by atoms with Crippen molar-refractivity contribution >= 4 is 11.8 Å². The lowest BCUT2D eigenvalue weighted by Gasteiger charge is -2.10. The average molecular weight is 354 g/mol. The highest BCUT2D eigenvalue weighted by Gasteiger charge is 2.08. The summed E-state index contributed by atoms with van der Waals surface area (Å²) >= 11 is 0. The molecule has 0 spiro atoms. The van der Waals surface area contributed by atoms with Crippen LogP contribution in [0.1, 0.15) is 21.5 Å². The third kappa shape index (κ3) is 5.66. The van der Waals surface area contributed by atoms with E-state index in [4.69, 9.17) is 9.47 Å². The van der Waals surface area contributed by atoms with E-state index in [0.29, 0.717) is 23.7 Å². The first-order valence-electron chi connectivity index (χ1n) is 8.12. The Balaban J connectivity index is 1.78. The minimum Gasteiger partial charge on any atom is -0.490 e. The molecule has 0 aliphatic heterocycles. The van der Waals surface area contributed by atoms with E-state index in [9.17, 15) is 9.59 Å². The third-order valence-electron chi connectivity index (χ3n) is 3.65. The van der Waals surface area contributed by atoms with Gasteiger partial charge in [-0.3, -0.25) is 20.4 Å². The lowest BCUT2D eigenvalue weighted by atomic mass is 10.1. The van der Waals surface area contributed by atoms with Gasteiger partial charge in [-0.25, -0.2) is 0 Å². The molecule has 2 amide bonds. The number of aryl methyl sites for hydroxylation is 2. The average Bonchev–Trinajstić information content (AvgIpc) is 2.65. The summed E-state index contributed by atoms with van der Waals surface area (Å²) < 4.78 is 10.7. The predicted molar refractivity (Wildman–Crippen MR) is 99.2 cm³/mol. The van der Waals surface area contributed by atoms with Gasteiger partial charge in [0.2, 0.25) is 0 Å². The van der Waals surface area contributed by atoms with Gasteiger partial charge in [-0.05, 0) is 61.4 Å². The van der Waals surface area contributed by atoms with Crippen LogP contribution in [0.2, 0.25) is 0 Å². The van der Waals surface area contributed by atoms with E-state index in [0.717, 1.165) is 11.1 Å². The zero-order chi connectivity index (χ0) is 18.9. The molecule has 0 aliphatic carbocycles. The van der Waals surface area contributed by atoms with Gasteiger partial charge >= 0.3 is 0 Å². The van der Waals surface area contributed by atoms with Crippen LogP contribution in [0, 0.1) is 13.8 Å². The molecule has 26 heavy (non-hydrogen) atoms. The molecule has 0 aliphatic rings. The Hall–Kier alpha value is -3.28. The molecule has 0 radical (unpaired) electrons. The van der Waals surface area contributed by atoms with E-state index in [1.54, 1.807) is 36.4 Å². The number of carbonyl (C=O) groups excluding carboxylic acids is 2. The minimum absolute atomic E-state index is 0.197. The van der Waals surface area contributed by atoms with Gasteiger partial charge in [-0.15, -0.1) is 0 Å². The van der Waals surface area contributed by atoms with Gasteiger partial charge in [0.15, 0.2) is 6.61 Å². The number of ether oxygens (including phenoxy) is 2. The van der Waals surface area contributed by atoms with Crippen LogP contribution in [0.15, 0.2) is 55.1 Å². The molecule has 6 heteroatoms. The molecule has 0 bridgehead atoms. The number of rotatable bonds is 7. The third-order valence-corrected chi connectivity index (χ3v) is 3.65. The molecule has 136 valence electrons. The van der Waals surface area contributed by atoms with Gasteiger partial charge in [0.05, 0.1) is 0 Å². The molecule has 0 atom stereocenters. The summed E-state index contributed by atoms with van der Waals surface area (Å²) in [6.07, 6.45) is 1.64. The lowest BCUT2D eigenvalue weighted by molar-refractivity contribution is -0.123. The predicted octanol–water partition coefficient (Wildman–Crippen LogP) is 2.71. The Bertz CT molecular complexity index is 785. The van der Waals surface area contributed by atoms with Crippen molar-refractivity contribution in [3.8, 4) is 11.5 Å². The lowest BCUT2D eigenvalue weighted by Crippen LogP contribution is -2.43. The molecule has 6 nitrogen and oxygen atoms in total. The summed E-state index contributed by atoms with van der Waals surface area (Å²) in [5, 5.41) is 0. The van der Waals surface area contributed by atoms with Gasteiger partial charge in [0.25, 0.3) is 11.8 Å². The second-order valence-corrected chi connectivity index (χ2v) is 5.66. The highest BCUT2D eigenvalue weighted by Crippen LogP contribution is 2.16. The van der Waals surface area contributed by atoms with Crippen LogP contribution in [0.5, 0.6) is 11.5 Å². The molecular formula is C20H22N2O4. The van der Waals surface area contributed by atoms with Crippen molar-refractivity contribution in [2.24, 2.45) is 0 Å². The summed E-state index contributed by atoms with van der Waals surface area (Å²) in [5.41, 5.74) is 7.28. The number of hydrogen-bond donors (Lipinski definition) is 2. The second kappa shape index (κ2) is 9.27. The maximum atomic E-state index is 12.0. The minimum atomic E-state index is -0.456. The largest absolute Gasteiger partial charge is 0.490 e. The molecule has 2 aromatic rings. The van der Waals surface area contributed by atoms with Crippen LogP contribution in [0.25, 0.3) is 0 Å². The van der Waals surface area contributed by atoms with Gasteiger partial charge in [0, 0.05) is 5.56 Å². The van der Waals surface area contributed by atoms with Gasteiger partial charge in [0.1, 0.15) is 18.1 Å². The summed E-state index contributed by atoms with van der Waals surface area (Å²) in [4.78, 5) is 23.8. The Labute approximate surface area is 152 Å². The quantitative estimate of drug-likeness (QED) is 0.592. The Kier molecular flexibility index (Phi) is 6.79. The summed E-state index contributed by atoms with van der Waals surface area (Å²) in [6, 6.07) is 12.1. The number of amides is 2. The van der Waals surface area contributed by atoms with Crippen LogP contribution in [0.4, 0.5) is 0 Å². The van der Waals surface area contributed by atoms with E-state index in [1.807, 2.05) is 26.0 Å². The number of hydrogen-bond acceptors (Lipinski definition) is 4. The molecule has 0 heterocycles. The van der Waals surface area contributed by atoms with Crippen LogP contribution < -0.4 is 20.3 Å². The standard InChI is InChI=1S/C20H22N2O4/c1-4-11-25-17-9-6-16(7-10-17)20(24)22-21-19(23)13-26-18-8-5-14(2)15(3)12-18/h4-10,12H,1,11,13H2,2-3H3,(H,21,23)(H,22,24). The highest BCUT2D eigenvalue weighted by atomic mass is 16.5. The number of hydrazine groups is 1. The highest BCUT2D eigenvalue weighted by molar-refractivity contribution is 5.95. The number of benzene rings is 2. The van der Waals surface area contributed by atoms with E-state index in [2.05, 4.69) is 17.4 Å². The van der Waals surface area contributed by atoms with Gasteiger partial charge < -0.3 is 9.47 Å². The summed E-state index contributed by atoms with van der Waals surface area (Å²) in [5.74, 6) is 0.347. The first-order chi connectivity index (χ1) is 12.5. The molecule has 0 saturated heterocycles. The molecule has 2 aromatic carbocycles. The first-order valence-corrected chi connectivity index (χ1v) is 8.12. The SMILES string of the molecule is C=CCOc1ccc(C(=O)NNC(=O)COc2ccc(C)c(C)c2)cc1. The van der Waals surface area contributed by atoms with E-state index in [1.165, 1.54) is 0 Å². The topological polar surface area (TPSA) is 76.7 Å². The van der Waals surface area contributed by atoms with Crippen molar-refractivity contribution in [1.29, 1.82) is 0 Å². The maximum absolute atomic E-state index is 12.0. The van der Waals surface area contributed by atoms with Crippen molar-refractivity contribution < 1.29 is 19.1 Å². The second-order valence-electron chi connectivity index (χ2n) is 5.66. The number of nitrogens with one attached hydrogen (secondary N) is 2. The first kappa shape index (κ1) is 19.1. The zero-order valence-corrected chi connectivity index (χ0v) is 14.9. The monoisotopic (exact) mass is 354 g/mol. The van der Waals surface area contributed by atoms with Crippen molar-refractivity contribution in [3.05, 3.63) is 71.8 Å². The van der Waals surface area contributed by atoms with E-state index >= 15 is 0 Å². The van der Waals surface area contributed by atoms with Crippen molar-refractivity contribution in [2.75, 3.05) is 13.2 Å². The molecule has 0 fully saturated rings. The molecule has 2 rings (SSSR count). The molecule has 0 aromatic heterocycles. The van der Waals surface area contributed by atoms with Crippen molar-refractivity contribution in [1.82, 2.24) is 10.9 Å². The Morgan fingerprint density at radius 1 is 0.962 bits per heavy atom. The Morgan fingerprint density at radius 2 is 1.65 bits per heavy atom. The van der Waals surface area contributed by atoms with Gasteiger partial charge in [-0.2, -0.15) is 0 Å². The molecular weight excluding hydrogens is 332 g/mol. The van der Waals surface area contributed by atoms with E-state index in [-0.39, 0.29) is 6.61 Å². The fourth-order valence-electron chi connectivity index (χ4n) is 2.04. The Morgan fingerprint density at radius 3 is 2.31 bits per heavy atom. The fourth-order valence-corrected chi connectivity index (χ4v) is 2.04. The molecule has 0 unspecified atom stereocenters. The summed E-state index contributed by atoms with van der Waals surface area (Å²) in [7, 11) is 0. The fraction of sp³-hybridized carbons (Fsp3) is 0.200. The van der Waals surface area contributed by atoms with Crippen molar-refractivity contribution in [2.45, 2.75) is 13.8 Å². The van der Waals surface area contributed by atoms with Crippen LogP contribution >= 0.6 is 0 Å². The molecule has 2 N–H and O–H groups in total. The number of carbonyl (C=O) groups is 2. The summed E-state index contributed by atoms with van der Waals surface area (Å²) in [6.45, 7) is 7.73. The normalized spacial score (nSPS) is 9.92. The van der Waals surface area contributed by atoms with E-state index < -0.39 is 11.8 Å². The van der Waals surface area contributed by atoms with Crippen LogP contribution in [-0.2, 0) is 4.79 Å². The zero-order valence-electron chi connectivity index (χ0n) is 14.9. The van der Waals surface area contributed by atoms with Gasteiger partial charge in [-0.1, -0.05) is 18.7 Å².